The van der Waals surface area contributed by atoms with Crippen LogP contribution in [0.25, 0.3) is 0 Å². The minimum atomic E-state index is -0.323. The van der Waals surface area contributed by atoms with Crippen molar-refractivity contribution in [1.29, 1.82) is 0 Å². The van der Waals surface area contributed by atoms with Crippen LogP contribution in [-0.2, 0) is 13.1 Å². The van der Waals surface area contributed by atoms with Crippen LogP contribution in [0.15, 0.2) is 41.5 Å². The Kier molecular flexibility index (Phi) is 9.57. The highest BCUT2D eigenvalue weighted by Crippen LogP contribution is 2.24. The SMILES string of the molecule is CN=C(NCc1ncccc1F)NC1CCN(Cc2cc(OC)cc(OC)c2)C1.I. The van der Waals surface area contributed by atoms with E-state index in [2.05, 4.69) is 25.5 Å². The van der Waals surface area contributed by atoms with Crippen LogP contribution in [0, 0.1) is 5.82 Å². The van der Waals surface area contributed by atoms with Gasteiger partial charge in [-0.15, -0.1) is 24.0 Å². The van der Waals surface area contributed by atoms with Crippen molar-refractivity contribution in [2.24, 2.45) is 4.99 Å². The number of nitrogens with zero attached hydrogens (tertiary/aromatic N) is 3. The van der Waals surface area contributed by atoms with Crippen LogP contribution >= 0.6 is 24.0 Å². The topological polar surface area (TPSA) is 71.0 Å². The predicted molar refractivity (Wildman–Crippen MR) is 126 cm³/mol. The second-order valence-electron chi connectivity index (χ2n) is 6.94. The van der Waals surface area contributed by atoms with Gasteiger partial charge in [0.05, 0.1) is 26.5 Å². The zero-order chi connectivity index (χ0) is 20.6. The number of hydrogen-bond acceptors (Lipinski definition) is 5. The number of aliphatic imine (C=N–C) groups is 1. The summed E-state index contributed by atoms with van der Waals surface area (Å²) in [4.78, 5) is 10.7. The molecule has 2 heterocycles. The minimum Gasteiger partial charge on any atom is -0.497 e. The van der Waals surface area contributed by atoms with Gasteiger partial charge in [0.15, 0.2) is 5.96 Å². The molecule has 0 bridgehead atoms. The number of nitrogens with one attached hydrogen (secondary N) is 2. The summed E-state index contributed by atoms with van der Waals surface area (Å²) in [5, 5.41) is 6.55. The number of likely N-dealkylation sites (tertiary alicyclic amines) is 1. The van der Waals surface area contributed by atoms with Crippen LogP contribution in [-0.4, -0.2) is 56.2 Å². The van der Waals surface area contributed by atoms with Crippen molar-refractivity contribution >= 4 is 29.9 Å². The maximum absolute atomic E-state index is 13.7. The summed E-state index contributed by atoms with van der Waals surface area (Å²) in [6.07, 6.45) is 2.58. The molecule has 2 N–H and O–H groups in total. The summed E-state index contributed by atoms with van der Waals surface area (Å²) >= 11 is 0. The Morgan fingerprint density at radius 3 is 2.63 bits per heavy atom. The van der Waals surface area contributed by atoms with Crippen molar-refractivity contribution in [3.63, 3.8) is 0 Å². The molecule has 164 valence electrons. The fourth-order valence-corrected chi connectivity index (χ4v) is 3.41. The molecule has 2 aromatic rings. The van der Waals surface area contributed by atoms with Crippen molar-refractivity contribution in [1.82, 2.24) is 20.5 Å². The predicted octanol–water partition coefficient (Wildman–Crippen LogP) is 2.80. The van der Waals surface area contributed by atoms with Crippen molar-refractivity contribution < 1.29 is 13.9 Å². The van der Waals surface area contributed by atoms with Crippen LogP contribution < -0.4 is 20.1 Å². The second kappa shape index (κ2) is 11.9. The first-order valence-corrected chi connectivity index (χ1v) is 9.62. The molecule has 0 aliphatic carbocycles. The van der Waals surface area contributed by atoms with Gasteiger partial charge in [0.25, 0.3) is 0 Å². The first-order valence-electron chi connectivity index (χ1n) is 9.62. The molecule has 1 aliphatic rings. The van der Waals surface area contributed by atoms with Gasteiger partial charge in [0, 0.05) is 45.0 Å². The number of guanidine groups is 1. The van der Waals surface area contributed by atoms with Gasteiger partial charge in [-0.2, -0.15) is 0 Å². The molecule has 1 aromatic heterocycles. The normalized spacial score (nSPS) is 16.7. The van der Waals surface area contributed by atoms with E-state index >= 15 is 0 Å². The highest BCUT2D eigenvalue weighted by molar-refractivity contribution is 14.0. The Morgan fingerprint density at radius 2 is 2.00 bits per heavy atom. The minimum absolute atomic E-state index is 0. The van der Waals surface area contributed by atoms with E-state index in [9.17, 15) is 4.39 Å². The Morgan fingerprint density at radius 1 is 1.27 bits per heavy atom. The summed E-state index contributed by atoms with van der Waals surface area (Å²) in [5.74, 6) is 1.90. The van der Waals surface area contributed by atoms with Gasteiger partial charge in [-0.05, 0) is 36.2 Å². The van der Waals surface area contributed by atoms with E-state index in [-0.39, 0.29) is 42.4 Å². The van der Waals surface area contributed by atoms with Crippen LogP contribution in [0.5, 0.6) is 11.5 Å². The van der Waals surface area contributed by atoms with Gasteiger partial charge in [-0.25, -0.2) is 4.39 Å². The third kappa shape index (κ3) is 6.69. The van der Waals surface area contributed by atoms with Crippen LogP contribution in [0.2, 0.25) is 0 Å². The number of hydrogen-bond donors (Lipinski definition) is 2. The lowest BCUT2D eigenvalue weighted by atomic mass is 10.2. The highest BCUT2D eigenvalue weighted by atomic mass is 127. The lowest BCUT2D eigenvalue weighted by Crippen LogP contribution is -2.44. The first-order chi connectivity index (χ1) is 14.1. The average molecular weight is 529 g/mol. The van der Waals surface area contributed by atoms with Crippen LogP contribution in [0.1, 0.15) is 17.7 Å². The number of benzene rings is 1. The molecule has 1 fully saturated rings. The standard InChI is InChI=1S/C21H28FN5O2.HI/c1-23-21(25-12-20-19(22)5-4-7-24-20)26-16-6-8-27(14-16)13-15-9-17(28-2)11-18(10-15)29-3;/h4-5,7,9-11,16H,6,8,12-14H2,1-3H3,(H2,23,25,26);1H. The van der Waals surface area contributed by atoms with E-state index in [1.807, 2.05) is 18.2 Å². The van der Waals surface area contributed by atoms with Crippen LogP contribution in [0.3, 0.4) is 0 Å². The smallest absolute Gasteiger partial charge is 0.191 e. The van der Waals surface area contributed by atoms with Crippen molar-refractivity contribution in [2.75, 3.05) is 34.4 Å². The second-order valence-corrected chi connectivity index (χ2v) is 6.94. The monoisotopic (exact) mass is 529 g/mol. The summed E-state index contributed by atoms with van der Waals surface area (Å²) in [7, 11) is 5.02. The maximum Gasteiger partial charge on any atom is 0.191 e. The number of pyridine rings is 1. The summed E-state index contributed by atoms with van der Waals surface area (Å²) in [5.41, 5.74) is 1.52. The van der Waals surface area contributed by atoms with Crippen molar-refractivity contribution in [3.8, 4) is 11.5 Å². The average Bonchev–Trinajstić information content (AvgIpc) is 3.18. The van der Waals surface area contributed by atoms with Gasteiger partial charge in [0.1, 0.15) is 17.3 Å². The Labute approximate surface area is 194 Å². The number of ether oxygens (including phenoxy) is 2. The van der Waals surface area contributed by atoms with Crippen molar-refractivity contribution in [3.05, 3.63) is 53.6 Å². The fourth-order valence-electron chi connectivity index (χ4n) is 3.41. The molecule has 0 radical (unpaired) electrons. The Hall–Kier alpha value is -2.14. The third-order valence-electron chi connectivity index (χ3n) is 4.91. The molecule has 1 aromatic carbocycles. The molecule has 0 spiro atoms. The maximum atomic E-state index is 13.7. The third-order valence-corrected chi connectivity index (χ3v) is 4.91. The van der Waals surface area contributed by atoms with E-state index in [1.54, 1.807) is 33.5 Å². The number of halogens is 2. The largest absolute Gasteiger partial charge is 0.497 e. The van der Waals surface area contributed by atoms with Gasteiger partial charge in [-0.1, -0.05) is 0 Å². The lowest BCUT2D eigenvalue weighted by molar-refractivity contribution is 0.321. The van der Waals surface area contributed by atoms with E-state index in [0.29, 0.717) is 11.7 Å². The zero-order valence-corrected chi connectivity index (χ0v) is 19.9. The van der Waals surface area contributed by atoms with E-state index in [0.717, 1.165) is 43.1 Å². The molecule has 30 heavy (non-hydrogen) atoms. The van der Waals surface area contributed by atoms with Crippen LogP contribution in [0.4, 0.5) is 4.39 Å². The van der Waals surface area contributed by atoms with Gasteiger partial charge >= 0.3 is 0 Å². The van der Waals surface area contributed by atoms with Gasteiger partial charge < -0.3 is 20.1 Å². The molecule has 1 saturated heterocycles. The van der Waals surface area contributed by atoms with Gasteiger partial charge in [0.2, 0.25) is 0 Å². The lowest BCUT2D eigenvalue weighted by Gasteiger charge is -2.19. The number of methoxy groups -OCH3 is 2. The molecule has 0 amide bonds. The quantitative estimate of drug-likeness (QED) is 0.327. The fraction of sp³-hybridized carbons (Fsp3) is 0.429. The van der Waals surface area contributed by atoms with Gasteiger partial charge in [-0.3, -0.25) is 14.9 Å². The summed E-state index contributed by atoms with van der Waals surface area (Å²) in [6.45, 7) is 2.96. The molecular formula is C21H29FIN5O2. The van der Waals surface area contributed by atoms with E-state index < -0.39 is 0 Å². The first kappa shape index (κ1) is 24.1. The molecule has 9 heteroatoms. The summed E-state index contributed by atoms with van der Waals surface area (Å²) < 4.78 is 24.4. The Bertz CT molecular complexity index is 830. The molecule has 1 aliphatic heterocycles. The van der Waals surface area contributed by atoms with E-state index in [4.69, 9.17) is 9.47 Å². The highest BCUT2D eigenvalue weighted by Gasteiger charge is 2.23. The van der Waals surface area contributed by atoms with E-state index in [1.165, 1.54) is 6.07 Å². The molecule has 7 nitrogen and oxygen atoms in total. The molecule has 3 rings (SSSR count). The van der Waals surface area contributed by atoms with Crippen molar-refractivity contribution in [2.45, 2.75) is 25.6 Å². The molecule has 1 unspecified atom stereocenters. The zero-order valence-electron chi connectivity index (χ0n) is 17.5. The number of aromatic nitrogens is 1. The molecule has 0 saturated carbocycles. The number of rotatable bonds is 7. The Balaban J connectivity index is 0.00000320. The molecular weight excluding hydrogens is 500 g/mol. The molecule has 1 atom stereocenters. The summed E-state index contributed by atoms with van der Waals surface area (Å²) in [6, 6.07) is 9.19.